The molecule has 0 heterocycles. The van der Waals surface area contributed by atoms with E-state index in [-0.39, 0.29) is 5.97 Å². The summed E-state index contributed by atoms with van der Waals surface area (Å²) in [5.41, 5.74) is 0.729. The minimum Gasteiger partial charge on any atom is -0.461 e. The number of esters is 1. The molecule has 11 heavy (non-hydrogen) atoms. The van der Waals surface area contributed by atoms with Crippen molar-refractivity contribution in [2.45, 2.75) is 6.42 Å². The zero-order valence-electron chi connectivity index (χ0n) is 6.12. The lowest BCUT2D eigenvalue weighted by Crippen LogP contribution is -2.08. The first-order chi connectivity index (χ1) is 5.34. The smallest absolute Gasteiger partial charge is 0.334 e. The van der Waals surface area contributed by atoms with Gasteiger partial charge in [0.25, 0.3) is 0 Å². The van der Waals surface area contributed by atoms with E-state index >= 15 is 0 Å². The Hall–Kier alpha value is -0.700. The molecule has 2 nitrogen and oxygen atoms in total. The number of rotatable bonds is 3. The van der Waals surface area contributed by atoms with Crippen LogP contribution in [-0.4, -0.2) is 18.3 Å². The Morgan fingerprint density at radius 2 is 2.55 bits per heavy atom. The fourth-order valence-corrected chi connectivity index (χ4v) is 0.921. The maximum atomic E-state index is 11.0. The molecule has 0 aromatic carbocycles. The van der Waals surface area contributed by atoms with Crippen molar-refractivity contribution < 1.29 is 9.53 Å². The molecule has 0 aromatic rings. The molecule has 0 saturated heterocycles. The molecule has 0 saturated carbocycles. The predicted octanol–water partition coefficient (Wildman–Crippen LogP) is 1.35. The fourth-order valence-electron chi connectivity index (χ4n) is 0.830. The number of carbonyl (C=O) groups excluding carboxylic acids is 1. The SMILES string of the molecule is O=C(OCCS)C1=CC=CC1. The fraction of sp³-hybridized carbons (Fsp3) is 0.375. The van der Waals surface area contributed by atoms with Crippen LogP contribution >= 0.6 is 12.6 Å². The molecule has 0 radical (unpaired) electrons. The summed E-state index contributed by atoms with van der Waals surface area (Å²) in [5, 5.41) is 0. The van der Waals surface area contributed by atoms with E-state index in [1.165, 1.54) is 0 Å². The van der Waals surface area contributed by atoms with Crippen molar-refractivity contribution in [1.82, 2.24) is 0 Å². The average molecular weight is 170 g/mol. The molecule has 1 aliphatic carbocycles. The molecule has 1 aliphatic rings. The van der Waals surface area contributed by atoms with E-state index in [1.807, 2.05) is 12.2 Å². The highest BCUT2D eigenvalue weighted by atomic mass is 32.1. The van der Waals surface area contributed by atoms with E-state index in [4.69, 9.17) is 4.74 Å². The van der Waals surface area contributed by atoms with Gasteiger partial charge in [-0.3, -0.25) is 0 Å². The van der Waals surface area contributed by atoms with Crippen molar-refractivity contribution in [2.24, 2.45) is 0 Å². The van der Waals surface area contributed by atoms with Gasteiger partial charge in [-0.05, 0) is 6.42 Å². The molecular formula is C8H10O2S. The van der Waals surface area contributed by atoms with Gasteiger partial charge >= 0.3 is 5.97 Å². The maximum Gasteiger partial charge on any atom is 0.334 e. The lowest BCUT2D eigenvalue weighted by atomic mass is 10.2. The van der Waals surface area contributed by atoms with E-state index < -0.39 is 0 Å². The van der Waals surface area contributed by atoms with Crippen LogP contribution in [-0.2, 0) is 9.53 Å². The van der Waals surface area contributed by atoms with Gasteiger partial charge in [0.1, 0.15) is 6.61 Å². The minimum atomic E-state index is -0.218. The third-order valence-electron chi connectivity index (χ3n) is 1.36. The Kier molecular flexibility index (Phi) is 3.23. The van der Waals surface area contributed by atoms with Crippen molar-refractivity contribution in [1.29, 1.82) is 0 Å². The summed E-state index contributed by atoms with van der Waals surface area (Å²) in [7, 11) is 0. The van der Waals surface area contributed by atoms with Crippen molar-refractivity contribution in [3.8, 4) is 0 Å². The van der Waals surface area contributed by atoms with Crippen LogP contribution in [0.5, 0.6) is 0 Å². The number of carbonyl (C=O) groups is 1. The van der Waals surface area contributed by atoms with Crippen LogP contribution in [0, 0.1) is 0 Å². The van der Waals surface area contributed by atoms with E-state index in [9.17, 15) is 4.79 Å². The van der Waals surface area contributed by atoms with Gasteiger partial charge in [-0.15, -0.1) is 0 Å². The van der Waals surface area contributed by atoms with E-state index in [1.54, 1.807) is 6.08 Å². The third-order valence-corrected chi connectivity index (χ3v) is 1.54. The van der Waals surface area contributed by atoms with Gasteiger partial charge in [0, 0.05) is 11.3 Å². The summed E-state index contributed by atoms with van der Waals surface area (Å²) < 4.78 is 4.85. The van der Waals surface area contributed by atoms with E-state index in [0.717, 1.165) is 5.57 Å². The Morgan fingerprint density at radius 3 is 3.09 bits per heavy atom. The largest absolute Gasteiger partial charge is 0.461 e. The van der Waals surface area contributed by atoms with Gasteiger partial charge in [0.2, 0.25) is 0 Å². The maximum absolute atomic E-state index is 11.0. The normalized spacial score (nSPS) is 14.8. The van der Waals surface area contributed by atoms with Crippen LogP contribution < -0.4 is 0 Å². The highest BCUT2D eigenvalue weighted by Crippen LogP contribution is 2.11. The second-order valence-electron chi connectivity index (χ2n) is 2.18. The molecule has 0 bridgehead atoms. The summed E-state index contributed by atoms with van der Waals surface area (Å²) in [5.74, 6) is 0.357. The highest BCUT2D eigenvalue weighted by molar-refractivity contribution is 7.80. The first-order valence-electron chi connectivity index (χ1n) is 3.48. The summed E-state index contributed by atoms with van der Waals surface area (Å²) in [6, 6.07) is 0. The molecule has 0 aliphatic heterocycles. The second kappa shape index (κ2) is 4.23. The first kappa shape index (κ1) is 8.40. The summed E-state index contributed by atoms with van der Waals surface area (Å²) in [4.78, 5) is 11.0. The minimum absolute atomic E-state index is 0.218. The molecule has 0 aromatic heterocycles. The summed E-state index contributed by atoms with van der Waals surface area (Å²) in [6.07, 6.45) is 6.26. The molecule has 0 fully saturated rings. The van der Waals surface area contributed by atoms with E-state index in [2.05, 4.69) is 12.6 Å². The predicted molar refractivity (Wildman–Crippen MR) is 46.7 cm³/mol. The standard InChI is InChI=1S/C8H10O2S/c9-8(10-5-6-11)7-3-1-2-4-7/h1-3,11H,4-6H2. The summed E-state index contributed by atoms with van der Waals surface area (Å²) in [6.45, 7) is 0.388. The Labute approximate surface area is 71.3 Å². The van der Waals surface area contributed by atoms with Gasteiger partial charge in [0.05, 0.1) is 0 Å². The second-order valence-corrected chi connectivity index (χ2v) is 2.63. The molecular weight excluding hydrogens is 160 g/mol. The molecule has 1 rings (SSSR count). The number of ether oxygens (including phenoxy) is 1. The van der Waals surface area contributed by atoms with Gasteiger partial charge in [-0.25, -0.2) is 4.79 Å². The first-order valence-corrected chi connectivity index (χ1v) is 4.11. The molecule has 0 unspecified atom stereocenters. The van der Waals surface area contributed by atoms with Crippen LogP contribution in [0.4, 0.5) is 0 Å². The van der Waals surface area contributed by atoms with Crippen molar-refractivity contribution in [3.05, 3.63) is 23.8 Å². The molecule has 3 heteroatoms. The van der Waals surface area contributed by atoms with Crippen LogP contribution in [0.2, 0.25) is 0 Å². The van der Waals surface area contributed by atoms with Gasteiger partial charge in [0.15, 0.2) is 0 Å². The Bertz CT molecular complexity index is 206. The molecule has 0 amide bonds. The number of allylic oxidation sites excluding steroid dienone is 3. The van der Waals surface area contributed by atoms with Crippen LogP contribution in [0.15, 0.2) is 23.8 Å². The zero-order valence-corrected chi connectivity index (χ0v) is 7.01. The van der Waals surface area contributed by atoms with Gasteiger partial charge in [-0.2, -0.15) is 12.6 Å². The number of thiol groups is 1. The average Bonchev–Trinajstić information content (AvgIpc) is 2.52. The lowest BCUT2D eigenvalue weighted by Gasteiger charge is -2.01. The molecule has 0 spiro atoms. The van der Waals surface area contributed by atoms with Crippen molar-refractivity contribution in [3.63, 3.8) is 0 Å². The molecule has 60 valence electrons. The summed E-state index contributed by atoms with van der Waals surface area (Å²) >= 11 is 3.93. The van der Waals surface area contributed by atoms with Crippen LogP contribution in [0.25, 0.3) is 0 Å². The molecule has 0 atom stereocenters. The van der Waals surface area contributed by atoms with Gasteiger partial charge in [-0.1, -0.05) is 18.2 Å². The van der Waals surface area contributed by atoms with Crippen LogP contribution in [0.1, 0.15) is 6.42 Å². The Balaban J connectivity index is 2.31. The Morgan fingerprint density at radius 1 is 1.73 bits per heavy atom. The third kappa shape index (κ3) is 2.42. The molecule has 0 N–H and O–H groups in total. The van der Waals surface area contributed by atoms with Crippen molar-refractivity contribution >= 4 is 18.6 Å². The van der Waals surface area contributed by atoms with Crippen molar-refractivity contribution in [2.75, 3.05) is 12.4 Å². The zero-order chi connectivity index (χ0) is 8.10. The quantitative estimate of drug-likeness (QED) is 0.511. The topological polar surface area (TPSA) is 26.3 Å². The number of hydrogen-bond donors (Lipinski definition) is 1. The monoisotopic (exact) mass is 170 g/mol. The van der Waals surface area contributed by atoms with E-state index in [0.29, 0.717) is 18.8 Å². The van der Waals surface area contributed by atoms with Gasteiger partial charge < -0.3 is 4.74 Å². The highest BCUT2D eigenvalue weighted by Gasteiger charge is 2.10. The van der Waals surface area contributed by atoms with Crippen LogP contribution in [0.3, 0.4) is 0 Å². The number of hydrogen-bond acceptors (Lipinski definition) is 3. The lowest BCUT2D eigenvalue weighted by molar-refractivity contribution is -0.138.